The number of nitriles is 1. The van der Waals surface area contributed by atoms with Crippen LogP contribution in [0.5, 0.6) is 0 Å². The summed E-state index contributed by atoms with van der Waals surface area (Å²) in [5.74, 6) is -0.181. The number of methoxy groups -OCH3 is 1. The zero-order valence-electron chi connectivity index (χ0n) is 13.3. The number of nitrogens with one attached hydrogen (secondary N) is 1. The quantitative estimate of drug-likeness (QED) is 0.905. The molecule has 2 aromatic rings. The minimum Gasteiger partial charge on any atom is -0.381 e. The van der Waals surface area contributed by atoms with Gasteiger partial charge in [-0.05, 0) is 18.1 Å². The molecule has 1 amide bonds. The van der Waals surface area contributed by atoms with E-state index < -0.39 is 6.10 Å². The van der Waals surface area contributed by atoms with Gasteiger partial charge in [0.25, 0.3) is 5.91 Å². The number of carbonyl (C=O) groups is 1. The van der Waals surface area contributed by atoms with Crippen molar-refractivity contribution in [3.8, 4) is 16.5 Å². The van der Waals surface area contributed by atoms with Crippen LogP contribution in [0.25, 0.3) is 10.4 Å². The van der Waals surface area contributed by atoms with Crippen LogP contribution < -0.4 is 5.32 Å². The second kappa shape index (κ2) is 7.58. The van der Waals surface area contributed by atoms with Crippen molar-refractivity contribution in [2.75, 3.05) is 25.6 Å². The molecule has 0 saturated carbocycles. The first-order chi connectivity index (χ1) is 11.7. The number of ether oxygens (including phenoxy) is 2. The summed E-state index contributed by atoms with van der Waals surface area (Å²) >= 11 is 1.39. The fraction of sp³-hybridized carbons (Fsp3) is 0.333. The lowest BCUT2D eigenvalue weighted by molar-refractivity contribution is -0.128. The molecule has 2 unspecified atom stereocenters. The number of anilines is 1. The molecule has 0 radical (unpaired) electrons. The van der Waals surface area contributed by atoms with Crippen LogP contribution in [0.1, 0.15) is 12.0 Å². The van der Waals surface area contributed by atoms with Crippen LogP contribution in [-0.2, 0) is 14.3 Å². The molecule has 2 heterocycles. The van der Waals surface area contributed by atoms with E-state index in [1.807, 2.05) is 30.3 Å². The molecule has 1 aliphatic rings. The second-order valence-corrected chi connectivity index (χ2v) is 6.65. The minimum absolute atomic E-state index is 0.0501. The van der Waals surface area contributed by atoms with E-state index in [0.717, 1.165) is 16.9 Å². The number of hydrogen-bond donors (Lipinski definition) is 1. The molecular formula is C18H18N2O3S. The molecule has 1 aromatic heterocycles. The number of benzene rings is 1. The Kier molecular flexibility index (Phi) is 5.26. The first-order valence-corrected chi connectivity index (χ1v) is 8.55. The van der Waals surface area contributed by atoms with Crippen molar-refractivity contribution in [1.29, 1.82) is 5.26 Å². The summed E-state index contributed by atoms with van der Waals surface area (Å²) in [6.45, 7) is 1.18. The van der Waals surface area contributed by atoms with Gasteiger partial charge in [-0.2, -0.15) is 5.26 Å². The highest BCUT2D eigenvalue weighted by Crippen LogP contribution is 2.35. The summed E-state index contributed by atoms with van der Waals surface area (Å²) < 4.78 is 10.7. The van der Waals surface area contributed by atoms with Gasteiger partial charge in [0.05, 0.1) is 12.2 Å². The highest BCUT2D eigenvalue weighted by Gasteiger charge is 2.32. The molecule has 1 aromatic carbocycles. The Bertz CT molecular complexity index is 745. The van der Waals surface area contributed by atoms with Crippen LogP contribution in [0.2, 0.25) is 0 Å². The van der Waals surface area contributed by atoms with Crippen LogP contribution >= 0.6 is 11.3 Å². The molecule has 1 fully saturated rings. The van der Waals surface area contributed by atoms with Crippen LogP contribution in [0.4, 0.5) is 5.00 Å². The molecule has 1 saturated heterocycles. The van der Waals surface area contributed by atoms with Crippen molar-refractivity contribution in [2.24, 2.45) is 5.92 Å². The zero-order chi connectivity index (χ0) is 16.9. The van der Waals surface area contributed by atoms with Gasteiger partial charge in [-0.25, -0.2) is 0 Å². The van der Waals surface area contributed by atoms with Gasteiger partial charge in [0.1, 0.15) is 17.2 Å². The fourth-order valence-corrected chi connectivity index (χ4v) is 3.82. The standard InChI is InChI=1S/C18H18N2O3S/c1-22-16(13-7-8-23-11-13)17(21)20-18-14(10-19)9-15(24-18)12-5-3-2-4-6-12/h2-6,9,13,16H,7-8,11H2,1H3,(H,20,21). The van der Waals surface area contributed by atoms with E-state index in [0.29, 0.717) is 23.8 Å². The lowest BCUT2D eigenvalue weighted by atomic mass is 10.0. The van der Waals surface area contributed by atoms with Crippen molar-refractivity contribution in [2.45, 2.75) is 12.5 Å². The molecule has 6 heteroatoms. The predicted molar refractivity (Wildman–Crippen MR) is 92.8 cm³/mol. The third-order valence-electron chi connectivity index (χ3n) is 4.05. The Morgan fingerprint density at radius 2 is 2.25 bits per heavy atom. The summed E-state index contributed by atoms with van der Waals surface area (Å²) in [4.78, 5) is 13.5. The number of carbonyl (C=O) groups excluding carboxylic acids is 1. The lowest BCUT2D eigenvalue weighted by Gasteiger charge is -2.19. The Morgan fingerprint density at radius 1 is 1.46 bits per heavy atom. The molecule has 3 rings (SSSR count). The monoisotopic (exact) mass is 342 g/mol. The Labute approximate surface area is 144 Å². The van der Waals surface area contributed by atoms with Crippen LogP contribution in [0.15, 0.2) is 36.4 Å². The van der Waals surface area contributed by atoms with Crippen LogP contribution in [0, 0.1) is 17.2 Å². The van der Waals surface area contributed by atoms with E-state index in [4.69, 9.17) is 9.47 Å². The maximum Gasteiger partial charge on any atom is 0.254 e. The average molecular weight is 342 g/mol. The van der Waals surface area contributed by atoms with Gasteiger partial charge in [0.2, 0.25) is 0 Å². The van der Waals surface area contributed by atoms with Gasteiger partial charge in [0, 0.05) is 24.5 Å². The Morgan fingerprint density at radius 3 is 2.88 bits per heavy atom. The van der Waals surface area contributed by atoms with Gasteiger partial charge in [-0.1, -0.05) is 30.3 Å². The number of rotatable bonds is 5. The maximum absolute atomic E-state index is 12.6. The molecule has 0 spiro atoms. The summed E-state index contributed by atoms with van der Waals surface area (Å²) in [7, 11) is 1.53. The van der Waals surface area contributed by atoms with Gasteiger partial charge >= 0.3 is 0 Å². The SMILES string of the molecule is COC(C(=O)Nc1sc(-c2ccccc2)cc1C#N)C1CCOC1. The summed E-state index contributed by atoms with van der Waals surface area (Å²) in [6.07, 6.45) is 0.234. The number of thiophene rings is 1. The van der Waals surface area contributed by atoms with E-state index in [1.54, 1.807) is 6.07 Å². The first-order valence-electron chi connectivity index (χ1n) is 7.73. The van der Waals surface area contributed by atoms with Gasteiger partial charge in [-0.3, -0.25) is 4.79 Å². The molecule has 5 nitrogen and oxygen atoms in total. The highest BCUT2D eigenvalue weighted by molar-refractivity contribution is 7.19. The summed E-state index contributed by atoms with van der Waals surface area (Å²) in [5, 5.41) is 12.8. The molecule has 124 valence electrons. The van der Waals surface area contributed by atoms with E-state index >= 15 is 0 Å². The molecule has 0 aliphatic carbocycles. The predicted octanol–water partition coefficient (Wildman–Crippen LogP) is 3.28. The smallest absolute Gasteiger partial charge is 0.254 e. The molecule has 1 aliphatic heterocycles. The van der Waals surface area contributed by atoms with Crippen molar-refractivity contribution in [1.82, 2.24) is 0 Å². The third kappa shape index (κ3) is 3.49. The van der Waals surface area contributed by atoms with Gasteiger partial charge < -0.3 is 14.8 Å². The van der Waals surface area contributed by atoms with E-state index in [-0.39, 0.29) is 11.8 Å². The molecule has 24 heavy (non-hydrogen) atoms. The lowest BCUT2D eigenvalue weighted by Crippen LogP contribution is -2.36. The van der Waals surface area contributed by atoms with Crippen molar-refractivity contribution >= 4 is 22.2 Å². The van der Waals surface area contributed by atoms with Gasteiger partial charge in [-0.15, -0.1) is 11.3 Å². The summed E-state index contributed by atoms with van der Waals surface area (Å²) in [5.41, 5.74) is 1.48. The van der Waals surface area contributed by atoms with E-state index in [1.165, 1.54) is 18.4 Å². The highest BCUT2D eigenvalue weighted by atomic mass is 32.1. The molecule has 2 atom stereocenters. The molecule has 1 N–H and O–H groups in total. The summed E-state index contributed by atoms with van der Waals surface area (Å²) in [6, 6.07) is 13.7. The third-order valence-corrected chi connectivity index (χ3v) is 5.15. The van der Waals surface area contributed by atoms with Crippen molar-refractivity contribution in [3.05, 3.63) is 42.0 Å². The average Bonchev–Trinajstić information content (AvgIpc) is 3.26. The van der Waals surface area contributed by atoms with Crippen molar-refractivity contribution < 1.29 is 14.3 Å². The number of hydrogen-bond acceptors (Lipinski definition) is 5. The maximum atomic E-state index is 12.6. The van der Waals surface area contributed by atoms with Gasteiger partial charge in [0.15, 0.2) is 0 Å². The topological polar surface area (TPSA) is 71.3 Å². The van der Waals surface area contributed by atoms with E-state index in [2.05, 4.69) is 11.4 Å². The zero-order valence-corrected chi connectivity index (χ0v) is 14.1. The number of nitrogens with zero attached hydrogens (tertiary/aromatic N) is 1. The minimum atomic E-state index is -0.568. The first kappa shape index (κ1) is 16.7. The van der Waals surface area contributed by atoms with Crippen LogP contribution in [-0.4, -0.2) is 32.3 Å². The Balaban J connectivity index is 1.80. The number of amides is 1. The fourth-order valence-electron chi connectivity index (χ4n) is 2.80. The Hall–Kier alpha value is -2.20. The second-order valence-electron chi connectivity index (χ2n) is 5.60. The van der Waals surface area contributed by atoms with Crippen LogP contribution in [0.3, 0.4) is 0 Å². The molecule has 0 bridgehead atoms. The largest absolute Gasteiger partial charge is 0.381 e. The van der Waals surface area contributed by atoms with Crippen molar-refractivity contribution in [3.63, 3.8) is 0 Å². The normalized spacial score (nSPS) is 18.1. The van der Waals surface area contributed by atoms with E-state index in [9.17, 15) is 10.1 Å². The molecular weight excluding hydrogens is 324 g/mol.